The highest BCUT2D eigenvalue weighted by molar-refractivity contribution is 6.26. The second-order valence-electron chi connectivity index (χ2n) is 5.71. The SMILES string of the molecule is CCOC(=O)C1=C(Nc2ccccc2)OC(=Cc2ccccc2C)C1=O. The Hall–Kier alpha value is -3.34. The molecule has 0 unspecified atom stereocenters. The van der Waals surface area contributed by atoms with E-state index in [-0.39, 0.29) is 23.8 Å². The second kappa shape index (κ2) is 7.70. The molecule has 1 aliphatic rings. The van der Waals surface area contributed by atoms with E-state index in [1.165, 1.54) is 0 Å². The van der Waals surface area contributed by atoms with Crippen molar-refractivity contribution in [3.05, 3.63) is 82.9 Å². The van der Waals surface area contributed by atoms with Gasteiger partial charge in [0.2, 0.25) is 11.7 Å². The quantitative estimate of drug-likeness (QED) is 0.505. The van der Waals surface area contributed by atoms with E-state index < -0.39 is 11.8 Å². The van der Waals surface area contributed by atoms with E-state index in [2.05, 4.69) is 5.32 Å². The lowest BCUT2D eigenvalue weighted by Gasteiger charge is -2.08. The van der Waals surface area contributed by atoms with Gasteiger partial charge in [-0.3, -0.25) is 4.79 Å². The summed E-state index contributed by atoms with van der Waals surface area (Å²) in [5.41, 5.74) is 2.42. The Morgan fingerprint density at radius 3 is 2.50 bits per heavy atom. The fourth-order valence-corrected chi connectivity index (χ4v) is 2.55. The molecule has 3 rings (SSSR count). The van der Waals surface area contributed by atoms with E-state index in [0.717, 1.165) is 11.1 Å². The maximum absolute atomic E-state index is 12.7. The van der Waals surface area contributed by atoms with Crippen molar-refractivity contribution in [2.24, 2.45) is 0 Å². The van der Waals surface area contributed by atoms with E-state index in [1.807, 2.05) is 61.5 Å². The van der Waals surface area contributed by atoms with Gasteiger partial charge in [0.25, 0.3) is 0 Å². The first-order chi connectivity index (χ1) is 12.6. The van der Waals surface area contributed by atoms with E-state index >= 15 is 0 Å². The maximum atomic E-state index is 12.7. The third-order valence-corrected chi connectivity index (χ3v) is 3.88. The number of benzene rings is 2. The van der Waals surface area contributed by atoms with Crippen molar-refractivity contribution in [2.75, 3.05) is 11.9 Å². The number of ether oxygens (including phenoxy) is 2. The van der Waals surface area contributed by atoms with Gasteiger partial charge in [0.1, 0.15) is 0 Å². The average Bonchev–Trinajstić information content (AvgIpc) is 2.93. The largest absolute Gasteiger partial charge is 0.462 e. The molecule has 0 aliphatic carbocycles. The highest BCUT2D eigenvalue weighted by Crippen LogP contribution is 2.29. The van der Waals surface area contributed by atoms with Crippen molar-refractivity contribution in [1.29, 1.82) is 0 Å². The van der Waals surface area contributed by atoms with Crippen LogP contribution in [0.1, 0.15) is 18.1 Å². The third kappa shape index (κ3) is 3.67. The fourth-order valence-electron chi connectivity index (χ4n) is 2.55. The minimum atomic E-state index is -0.705. The Bertz CT molecular complexity index is 897. The number of aryl methyl sites for hydroxylation is 1. The third-order valence-electron chi connectivity index (χ3n) is 3.88. The fraction of sp³-hybridized carbons (Fsp3) is 0.143. The number of hydrogen-bond acceptors (Lipinski definition) is 5. The number of esters is 1. The molecule has 5 nitrogen and oxygen atoms in total. The van der Waals surface area contributed by atoms with Gasteiger partial charge < -0.3 is 14.8 Å². The summed E-state index contributed by atoms with van der Waals surface area (Å²) in [7, 11) is 0. The van der Waals surface area contributed by atoms with Crippen LogP contribution in [0.15, 0.2) is 71.8 Å². The van der Waals surface area contributed by atoms with E-state index in [0.29, 0.717) is 5.69 Å². The Labute approximate surface area is 151 Å². The summed E-state index contributed by atoms with van der Waals surface area (Å²) >= 11 is 0. The number of Topliss-reactive ketones (excluding diaryl/α,β-unsaturated/α-hetero) is 1. The number of para-hydroxylation sites is 1. The minimum Gasteiger partial charge on any atom is -0.462 e. The molecule has 132 valence electrons. The van der Waals surface area contributed by atoms with Crippen LogP contribution in [0, 0.1) is 6.92 Å². The number of rotatable bonds is 5. The molecule has 26 heavy (non-hydrogen) atoms. The monoisotopic (exact) mass is 349 g/mol. The number of allylic oxidation sites excluding steroid dienone is 1. The lowest BCUT2D eigenvalue weighted by Crippen LogP contribution is -2.16. The Kier molecular flexibility index (Phi) is 5.17. The van der Waals surface area contributed by atoms with Gasteiger partial charge in [0, 0.05) is 5.69 Å². The molecule has 1 heterocycles. The number of carbonyl (C=O) groups is 2. The summed E-state index contributed by atoms with van der Waals surface area (Å²) in [5.74, 6) is -1.03. The van der Waals surface area contributed by atoms with Gasteiger partial charge in [-0.2, -0.15) is 0 Å². The smallest absolute Gasteiger partial charge is 0.347 e. The van der Waals surface area contributed by atoms with Crippen LogP contribution in [0.4, 0.5) is 5.69 Å². The highest BCUT2D eigenvalue weighted by Gasteiger charge is 2.37. The molecule has 2 aromatic carbocycles. The topological polar surface area (TPSA) is 64.6 Å². The van der Waals surface area contributed by atoms with Crippen LogP contribution in [0.2, 0.25) is 0 Å². The van der Waals surface area contributed by atoms with Gasteiger partial charge in [-0.1, -0.05) is 42.5 Å². The van der Waals surface area contributed by atoms with Gasteiger partial charge in [0.05, 0.1) is 6.61 Å². The first-order valence-corrected chi connectivity index (χ1v) is 8.33. The zero-order chi connectivity index (χ0) is 18.5. The molecule has 0 aromatic heterocycles. The van der Waals surface area contributed by atoms with Crippen molar-refractivity contribution in [3.8, 4) is 0 Å². The van der Waals surface area contributed by atoms with Crippen molar-refractivity contribution in [1.82, 2.24) is 0 Å². The van der Waals surface area contributed by atoms with Gasteiger partial charge >= 0.3 is 5.97 Å². The van der Waals surface area contributed by atoms with E-state index in [1.54, 1.807) is 13.0 Å². The van der Waals surface area contributed by atoms with Gasteiger partial charge in [0.15, 0.2) is 11.3 Å². The predicted molar refractivity (Wildman–Crippen MR) is 99.0 cm³/mol. The van der Waals surface area contributed by atoms with Gasteiger partial charge in [-0.15, -0.1) is 0 Å². The normalized spacial score (nSPS) is 15.2. The van der Waals surface area contributed by atoms with Crippen LogP contribution in [-0.2, 0) is 19.1 Å². The highest BCUT2D eigenvalue weighted by atomic mass is 16.5. The van der Waals surface area contributed by atoms with Crippen LogP contribution in [-0.4, -0.2) is 18.4 Å². The summed E-state index contributed by atoms with van der Waals surface area (Å²) in [6.45, 7) is 3.80. The minimum absolute atomic E-state index is 0.0829. The van der Waals surface area contributed by atoms with Crippen LogP contribution >= 0.6 is 0 Å². The molecule has 2 aromatic rings. The van der Waals surface area contributed by atoms with Crippen LogP contribution in [0.3, 0.4) is 0 Å². The zero-order valence-electron chi connectivity index (χ0n) is 14.6. The number of ketones is 1. The van der Waals surface area contributed by atoms with Crippen molar-refractivity contribution in [2.45, 2.75) is 13.8 Å². The van der Waals surface area contributed by atoms with Gasteiger partial charge in [-0.05, 0) is 43.2 Å². The molecule has 5 heteroatoms. The molecule has 0 amide bonds. The Morgan fingerprint density at radius 1 is 1.12 bits per heavy atom. The molecule has 0 saturated carbocycles. The average molecular weight is 349 g/mol. The second-order valence-corrected chi connectivity index (χ2v) is 5.71. The van der Waals surface area contributed by atoms with E-state index in [4.69, 9.17) is 9.47 Å². The molecule has 1 N–H and O–H groups in total. The Morgan fingerprint density at radius 2 is 1.81 bits per heavy atom. The summed E-state index contributed by atoms with van der Waals surface area (Å²) in [6, 6.07) is 16.8. The van der Waals surface area contributed by atoms with Crippen LogP contribution in [0.5, 0.6) is 0 Å². The zero-order valence-corrected chi connectivity index (χ0v) is 14.6. The predicted octanol–water partition coefficient (Wildman–Crippen LogP) is 3.82. The summed E-state index contributed by atoms with van der Waals surface area (Å²) in [5, 5.41) is 2.99. The maximum Gasteiger partial charge on any atom is 0.347 e. The molecule has 0 spiro atoms. The Balaban J connectivity index is 1.96. The summed E-state index contributed by atoms with van der Waals surface area (Å²) in [6.07, 6.45) is 1.64. The molecule has 0 radical (unpaired) electrons. The van der Waals surface area contributed by atoms with Crippen molar-refractivity contribution < 1.29 is 19.1 Å². The molecule has 0 fully saturated rings. The molecule has 0 bridgehead atoms. The number of hydrogen-bond donors (Lipinski definition) is 1. The number of anilines is 1. The van der Waals surface area contributed by atoms with Crippen molar-refractivity contribution in [3.63, 3.8) is 0 Å². The molecule has 0 atom stereocenters. The first-order valence-electron chi connectivity index (χ1n) is 8.33. The lowest BCUT2D eigenvalue weighted by molar-refractivity contribution is -0.139. The number of nitrogens with one attached hydrogen (secondary N) is 1. The molecule has 0 saturated heterocycles. The molecular weight excluding hydrogens is 330 g/mol. The standard InChI is InChI=1S/C21H19NO4/c1-3-25-21(24)18-19(23)17(13-15-10-8-7-9-14(15)2)26-20(18)22-16-11-5-4-6-12-16/h4-13,22H,3H2,1-2H3. The van der Waals surface area contributed by atoms with E-state index in [9.17, 15) is 9.59 Å². The lowest BCUT2D eigenvalue weighted by atomic mass is 10.1. The summed E-state index contributed by atoms with van der Waals surface area (Å²) < 4.78 is 10.7. The van der Waals surface area contributed by atoms with Gasteiger partial charge in [-0.25, -0.2) is 4.79 Å². The summed E-state index contributed by atoms with van der Waals surface area (Å²) in [4.78, 5) is 25.0. The molecule has 1 aliphatic heterocycles. The molecular formula is C21H19NO4. The van der Waals surface area contributed by atoms with Crippen molar-refractivity contribution >= 4 is 23.5 Å². The van der Waals surface area contributed by atoms with Crippen LogP contribution < -0.4 is 5.32 Å². The first kappa shape index (κ1) is 17.5. The van der Waals surface area contributed by atoms with Crippen LogP contribution in [0.25, 0.3) is 6.08 Å². The number of carbonyl (C=O) groups excluding carboxylic acids is 2.